The first-order valence-electron chi connectivity index (χ1n) is 14.8. The first-order valence-corrected chi connectivity index (χ1v) is 14.8. The average molecular weight is 874 g/mol. The number of hydrogen-bond acceptors (Lipinski definition) is 4. The maximum absolute atomic E-state index is 7.76. The summed E-state index contributed by atoms with van der Waals surface area (Å²) >= 11 is 0. The Morgan fingerprint density at radius 1 is 0.306 bits per heavy atom. The second kappa shape index (κ2) is 531. The number of rotatable bonds is 0. The van der Waals surface area contributed by atoms with Crippen LogP contribution >= 0.6 is 0 Å². The highest BCUT2D eigenvalue weighted by atomic mass is 14.9. The molecule has 8 nitrogen and oxygen atoms in total. The van der Waals surface area contributed by atoms with Gasteiger partial charge in [0.2, 0.25) is 0 Å². The van der Waals surface area contributed by atoms with Gasteiger partial charge in [0, 0.05) is 0 Å². The van der Waals surface area contributed by atoms with Gasteiger partial charge in [0.1, 0.15) is 61.7 Å². The van der Waals surface area contributed by atoms with Gasteiger partial charge in [0.05, 0.1) is 0 Å². The molecular formula is C54H112N8. The maximum Gasteiger partial charge on any atom is 0.512 e. The minimum Gasteiger partial charge on any atom is -0.192 e. The van der Waals surface area contributed by atoms with Crippen LogP contribution in [0.25, 0.3) is 19.4 Å². The Morgan fingerprint density at radius 2 is 0.371 bits per heavy atom. The molecule has 0 atom stereocenters. The Labute approximate surface area is 399 Å². The summed E-state index contributed by atoms with van der Waals surface area (Å²) in [4.78, 5) is 10.8. The van der Waals surface area contributed by atoms with Gasteiger partial charge in [-0.2, -0.15) is 40.4 Å². The van der Waals surface area contributed by atoms with Crippen molar-refractivity contribution < 1.29 is 0 Å². The van der Waals surface area contributed by atoms with E-state index in [1.807, 2.05) is 0 Å². The van der Waals surface area contributed by atoms with E-state index in [2.05, 4.69) is 206 Å². The molecule has 0 bridgehead atoms. The smallest absolute Gasteiger partial charge is 0.192 e. The molecule has 0 radical (unpaired) electrons. The molecular weight excluding hydrogens is 761 g/mol. The van der Waals surface area contributed by atoms with Gasteiger partial charge in [-0.3, -0.25) is 0 Å². The molecule has 0 saturated heterocycles. The Kier molecular flexibility index (Phi) is 1640. The Morgan fingerprint density at radius 3 is 0.371 bits per heavy atom. The topological polar surface area (TPSA) is 113 Å². The highest BCUT2D eigenvalue weighted by Crippen LogP contribution is 1.88. The van der Waals surface area contributed by atoms with E-state index in [0.717, 1.165) is 0 Å². The van der Waals surface area contributed by atoms with Gasteiger partial charge in [-0.1, -0.05) is 168 Å². The Bertz CT molecular complexity index is 776. The summed E-state index contributed by atoms with van der Waals surface area (Å²) in [5, 5.41) is 31.1. The van der Waals surface area contributed by atoms with Crippen molar-refractivity contribution in [1.82, 2.24) is 0 Å². The zero-order chi connectivity index (χ0) is 46.8. The molecule has 62 heavy (non-hydrogen) atoms. The minimum absolute atomic E-state index is 0. The fraction of sp³-hybridized carbons (Fsp3) is 0.407. The number of hydrogen-bond donors (Lipinski definition) is 0. The van der Waals surface area contributed by atoms with E-state index in [0.29, 0.717) is 0 Å². The fourth-order valence-corrected chi connectivity index (χ4v) is 0.100. The van der Waals surface area contributed by atoms with Gasteiger partial charge in [-0.15, -0.1) is 105 Å². The van der Waals surface area contributed by atoms with Gasteiger partial charge < -0.3 is 0 Å². The summed E-state index contributed by atoms with van der Waals surface area (Å²) in [6, 6.07) is 6.24. The van der Waals surface area contributed by atoms with Crippen LogP contribution in [0.4, 0.5) is 0 Å². The Hall–Kier alpha value is -7.20. The third-order valence-electron chi connectivity index (χ3n) is 1.06. The van der Waals surface area contributed by atoms with Crippen LogP contribution in [0.1, 0.15) is 155 Å². The van der Waals surface area contributed by atoms with Crippen molar-refractivity contribution in [3.63, 3.8) is 0 Å². The first kappa shape index (κ1) is 191. The zero-order valence-corrected chi connectivity index (χ0v) is 34.5. The number of nitrogens with zero attached hydrogens (tertiary/aromatic N) is 8. The van der Waals surface area contributed by atoms with E-state index in [1.54, 1.807) is 24.3 Å². The summed E-state index contributed by atoms with van der Waals surface area (Å²) in [5.41, 5.74) is -0.0926. The standard InChI is InChI=1S/4C4H2N2.4C3H8.8C2H4.10CH4/c2*1-4(5-2)6-3;2*1-4(2-5)3-6;4*1-3-2;8*1-2;;;;;;;;;;/h4*1H2;4*3H2,1-2H3;8*1-2H2;10*1H4. The Balaban J connectivity index is -0.00000000939. The third kappa shape index (κ3) is 1830. The molecule has 0 aliphatic heterocycles. The van der Waals surface area contributed by atoms with E-state index in [-0.39, 0.29) is 97.1 Å². The molecule has 0 spiro atoms. The summed E-state index contributed by atoms with van der Waals surface area (Å²) < 4.78 is 0. The summed E-state index contributed by atoms with van der Waals surface area (Å²) in [6.45, 7) is 102. The van der Waals surface area contributed by atoms with Crippen LogP contribution in [0.3, 0.4) is 0 Å². The van der Waals surface area contributed by atoms with E-state index >= 15 is 0 Å². The summed E-state index contributed by atoms with van der Waals surface area (Å²) in [7, 11) is 0. The predicted octanol–water partition coefficient (Wildman–Crippen LogP) is 22.2. The molecule has 0 aromatic carbocycles. The quantitative estimate of drug-likeness (QED) is 0.137. The van der Waals surface area contributed by atoms with Gasteiger partial charge >= 0.3 is 11.6 Å². The molecule has 0 aliphatic rings. The van der Waals surface area contributed by atoms with Crippen molar-refractivity contribution in [3.8, 4) is 24.3 Å². The molecule has 0 unspecified atom stereocenters. The van der Waals surface area contributed by atoms with Crippen LogP contribution < -0.4 is 0 Å². The summed E-state index contributed by atoms with van der Waals surface area (Å²) in [6.07, 6.45) is 5.00. The molecule has 0 saturated carbocycles. The van der Waals surface area contributed by atoms with Crippen LogP contribution in [-0.2, 0) is 0 Å². The highest BCUT2D eigenvalue weighted by Gasteiger charge is 1.88. The van der Waals surface area contributed by atoms with Crippen molar-refractivity contribution in [2.24, 2.45) is 0 Å². The summed E-state index contributed by atoms with van der Waals surface area (Å²) in [5.74, 6) is -0.148. The molecule has 0 aliphatic carbocycles. The second-order valence-corrected chi connectivity index (χ2v) is 5.51. The average Bonchev–Trinajstić information content (AvgIpc) is 3.24. The molecule has 0 aromatic heterocycles. The lowest BCUT2D eigenvalue weighted by atomic mass is 10.4. The molecule has 8 heteroatoms. The maximum atomic E-state index is 7.76. The molecule has 0 rings (SSSR count). The molecule has 0 heterocycles. The van der Waals surface area contributed by atoms with Gasteiger partial charge in [0.15, 0.2) is 0 Å². The van der Waals surface area contributed by atoms with E-state index in [9.17, 15) is 0 Å². The largest absolute Gasteiger partial charge is 0.512 e. The first-order chi connectivity index (χ1) is 24.9. The molecule has 0 amide bonds. The third-order valence-corrected chi connectivity index (χ3v) is 1.06. The lowest BCUT2D eigenvalue weighted by Gasteiger charge is -1.58. The van der Waals surface area contributed by atoms with Crippen molar-refractivity contribution in [3.05, 3.63) is 200 Å². The molecule has 0 N–H and O–H groups in total. The van der Waals surface area contributed by atoms with Crippen molar-refractivity contribution >= 4 is 0 Å². The van der Waals surface area contributed by atoms with Crippen molar-refractivity contribution in [2.75, 3.05) is 0 Å². The minimum atomic E-state index is -0.0741. The molecule has 0 aromatic rings. The molecule has 0 fully saturated rings. The SMILES string of the molecule is C.C.C.C.C.C.C.C.C.C.C=C.C=C.C=C.C=C.C=C.C=C.C=C.C=C.C=C(C#N)C#N.C=C(C#N)C#N.CCC.CCC.CCC.CCC.[C-]#[N+]C(=C)[N+]#[C-].[C-]#[N+]C(=C)[N+]#[C-]. The van der Waals surface area contributed by atoms with Gasteiger partial charge in [-0.25, -0.2) is 0 Å². The lowest BCUT2D eigenvalue weighted by molar-refractivity contribution is 1.09. The number of nitriles is 4. The van der Waals surface area contributed by atoms with Gasteiger partial charge in [-0.05, 0) is 13.2 Å². The van der Waals surface area contributed by atoms with Crippen LogP contribution in [0.5, 0.6) is 0 Å². The van der Waals surface area contributed by atoms with E-state index in [4.69, 9.17) is 47.3 Å². The van der Waals surface area contributed by atoms with E-state index < -0.39 is 0 Å². The second-order valence-electron chi connectivity index (χ2n) is 5.51. The van der Waals surface area contributed by atoms with Crippen LogP contribution in [-0.4, -0.2) is 0 Å². The van der Waals surface area contributed by atoms with Crippen LogP contribution in [0.2, 0.25) is 0 Å². The van der Waals surface area contributed by atoms with E-state index in [1.165, 1.54) is 25.7 Å². The lowest BCUT2D eigenvalue weighted by Crippen LogP contribution is -1.58. The number of allylic oxidation sites excluding steroid dienone is 2. The zero-order valence-electron chi connectivity index (χ0n) is 34.5. The van der Waals surface area contributed by atoms with Crippen molar-refractivity contribution in [1.29, 1.82) is 21.0 Å². The fourth-order valence-electron chi connectivity index (χ4n) is 0.100. The normalized spacial score (nSPS) is 3.61. The van der Waals surface area contributed by atoms with Crippen molar-refractivity contribution in [2.45, 2.75) is 155 Å². The predicted molar refractivity (Wildman–Crippen MR) is 307 cm³/mol. The highest BCUT2D eigenvalue weighted by molar-refractivity contribution is 5.31. The van der Waals surface area contributed by atoms with Crippen LogP contribution in [0.15, 0.2) is 154 Å². The molecule has 368 valence electrons. The van der Waals surface area contributed by atoms with Crippen LogP contribution in [0, 0.1) is 71.6 Å². The van der Waals surface area contributed by atoms with Gasteiger partial charge in [0.25, 0.3) is 0 Å². The monoisotopic (exact) mass is 873 g/mol.